The number of ether oxygens (including phenoxy) is 2. The van der Waals surface area contributed by atoms with Gasteiger partial charge in [-0.25, -0.2) is 9.78 Å². The Labute approximate surface area is 206 Å². The second-order valence-corrected chi connectivity index (χ2v) is 9.57. The molecule has 1 atom stereocenters. The fourth-order valence-corrected chi connectivity index (χ4v) is 4.81. The van der Waals surface area contributed by atoms with E-state index in [-0.39, 0.29) is 17.0 Å². The molecule has 1 aliphatic rings. The van der Waals surface area contributed by atoms with Crippen LogP contribution >= 0.6 is 0 Å². The predicted octanol–water partition coefficient (Wildman–Crippen LogP) is 5.53. The Balaban J connectivity index is 1.97. The van der Waals surface area contributed by atoms with Gasteiger partial charge in [0.15, 0.2) is 0 Å². The first-order chi connectivity index (χ1) is 16.8. The third kappa shape index (κ3) is 4.88. The Morgan fingerprint density at radius 2 is 1.94 bits per heavy atom. The zero-order valence-electron chi connectivity index (χ0n) is 21.3. The number of carbonyl (C=O) groups is 1. The summed E-state index contributed by atoms with van der Waals surface area (Å²) < 4.78 is 12.7. The average Bonchev–Trinajstić information content (AvgIpc) is 2.85. The SMILES string of the molecule is CCCCOc1cc2c(nc1C)-c1c(cc(C(=O)OC)c(=O)n1Cc1ccccc1)C(C(C)C)C2. The van der Waals surface area contributed by atoms with Gasteiger partial charge in [0.25, 0.3) is 5.56 Å². The van der Waals surface area contributed by atoms with Crippen molar-refractivity contribution in [2.75, 3.05) is 13.7 Å². The van der Waals surface area contributed by atoms with E-state index in [1.54, 1.807) is 10.6 Å². The number of pyridine rings is 2. The van der Waals surface area contributed by atoms with Crippen LogP contribution < -0.4 is 10.3 Å². The Morgan fingerprint density at radius 1 is 1.20 bits per heavy atom. The van der Waals surface area contributed by atoms with Crippen molar-refractivity contribution < 1.29 is 14.3 Å². The first-order valence-corrected chi connectivity index (χ1v) is 12.4. The summed E-state index contributed by atoms with van der Waals surface area (Å²) in [6.07, 6.45) is 2.82. The zero-order chi connectivity index (χ0) is 25.1. The van der Waals surface area contributed by atoms with Gasteiger partial charge < -0.3 is 14.0 Å². The standard InChI is InChI=1S/C29H34N2O4/c1-6-7-13-35-25-15-21-14-22(18(2)3)23-16-24(29(33)34-5)28(32)31(17-20-11-9-8-10-12-20)27(23)26(21)30-19(25)4/h8-12,15-16,18,22H,6-7,13-14,17H2,1-5H3. The van der Waals surface area contributed by atoms with E-state index < -0.39 is 5.97 Å². The molecule has 0 bridgehead atoms. The van der Waals surface area contributed by atoms with Crippen LogP contribution in [-0.4, -0.2) is 29.2 Å². The van der Waals surface area contributed by atoms with Crippen LogP contribution in [0, 0.1) is 12.8 Å². The molecular formula is C29H34N2O4. The van der Waals surface area contributed by atoms with Crippen molar-refractivity contribution in [2.24, 2.45) is 5.92 Å². The van der Waals surface area contributed by atoms with E-state index in [1.807, 2.05) is 37.3 Å². The Morgan fingerprint density at radius 3 is 2.60 bits per heavy atom. The molecule has 0 radical (unpaired) electrons. The van der Waals surface area contributed by atoms with Crippen LogP contribution in [0.15, 0.2) is 47.3 Å². The molecule has 1 aliphatic carbocycles. The summed E-state index contributed by atoms with van der Waals surface area (Å²) >= 11 is 0. The van der Waals surface area contributed by atoms with Gasteiger partial charge in [-0.2, -0.15) is 0 Å². The third-order valence-electron chi connectivity index (χ3n) is 6.78. The monoisotopic (exact) mass is 474 g/mol. The van der Waals surface area contributed by atoms with E-state index in [1.165, 1.54) is 7.11 Å². The molecule has 35 heavy (non-hydrogen) atoms. The normalized spacial score (nSPS) is 14.4. The van der Waals surface area contributed by atoms with Crippen LogP contribution in [0.2, 0.25) is 0 Å². The molecule has 6 nitrogen and oxygen atoms in total. The molecule has 4 rings (SSSR count). The Hall–Kier alpha value is -3.41. The first kappa shape index (κ1) is 24.7. The molecule has 3 aromatic rings. The molecule has 2 heterocycles. The largest absolute Gasteiger partial charge is 0.492 e. The third-order valence-corrected chi connectivity index (χ3v) is 6.78. The number of hydrogen-bond donors (Lipinski definition) is 0. The van der Waals surface area contributed by atoms with Gasteiger partial charge in [-0.3, -0.25) is 4.79 Å². The highest BCUT2D eigenvalue weighted by molar-refractivity contribution is 5.90. The maximum atomic E-state index is 13.7. The van der Waals surface area contributed by atoms with E-state index in [0.717, 1.165) is 58.8 Å². The van der Waals surface area contributed by atoms with Crippen molar-refractivity contribution in [3.05, 3.63) is 80.8 Å². The Kier molecular flexibility index (Phi) is 7.39. The Bertz CT molecular complexity index is 1280. The van der Waals surface area contributed by atoms with E-state index in [2.05, 4.69) is 26.8 Å². The van der Waals surface area contributed by atoms with Gasteiger partial charge in [0, 0.05) is 0 Å². The van der Waals surface area contributed by atoms with E-state index in [0.29, 0.717) is 19.1 Å². The number of hydrogen-bond acceptors (Lipinski definition) is 5. The summed E-state index contributed by atoms with van der Waals surface area (Å²) in [5, 5.41) is 0. The van der Waals surface area contributed by atoms with Gasteiger partial charge in [0.05, 0.1) is 37.3 Å². The molecule has 2 aromatic heterocycles. The number of nitrogens with zero attached hydrogens (tertiary/aromatic N) is 2. The molecule has 1 unspecified atom stereocenters. The number of carbonyl (C=O) groups excluding carboxylic acids is 1. The van der Waals surface area contributed by atoms with Crippen molar-refractivity contribution in [3.63, 3.8) is 0 Å². The average molecular weight is 475 g/mol. The number of rotatable bonds is 8. The second-order valence-electron chi connectivity index (χ2n) is 9.57. The fraction of sp³-hybridized carbons (Fsp3) is 0.414. The lowest BCUT2D eigenvalue weighted by Crippen LogP contribution is -2.33. The highest BCUT2D eigenvalue weighted by atomic mass is 16.5. The maximum absolute atomic E-state index is 13.7. The number of methoxy groups -OCH3 is 1. The van der Waals surface area contributed by atoms with Crippen molar-refractivity contribution in [3.8, 4) is 17.1 Å². The number of benzene rings is 1. The fourth-order valence-electron chi connectivity index (χ4n) is 4.81. The van der Waals surface area contributed by atoms with Crippen LogP contribution in [-0.2, 0) is 17.7 Å². The lowest BCUT2D eigenvalue weighted by Gasteiger charge is -2.32. The molecule has 0 N–H and O–H groups in total. The van der Waals surface area contributed by atoms with Crippen molar-refractivity contribution >= 4 is 5.97 Å². The quantitative estimate of drug-likeness (QED) is 0.317. The van der Waals surface area contributed by atoms with E-state index in [9.17, 15) is 9.59 Å². The summed E-state index contributed by atoms with van der Waals surface area (Å²) in [5.41, 5.74) is 5.09. The van der Waals surface area contributed by atoms with Crippen LogP contribution in [0.25, 0.3) is 11.4 Å². The van der Waals surface area contributed by atoms with Gasteiger partial charge in [-0.1, -0.05) is 57.5 Å². The number of aromatic nitrogens is 2. The minimum Gasteiger partial charge on any atom is -0.492 e. The van der Waals surface area contributed by atoms with Crippen molar-refractivity contribution in [1.29, 1.82) is 0 Å². The van der Waals surface area contributed by atoms with Gasteiger partial charge >= 0.3 is 5.97 Å². The van der Waals surface area contributed by atoms with Crippen molar-refractivity contribution in [2.45, 2.75) is 59.4 Å². The highest BCUT2D eigenvalue weighted by Gasteiger charge is 2.33. The summed E-state index contributed by atoms with van der Waals surface area (Å²) in [7, 11) is 1.31. The second kappa shape index (κ2) is 10.5. The van der Waals surface area contributed by atoms with Gasteiger partial charge in [-0.15, -0.1) is 0 Å². The van der Waals surface area contributed by atoms with Gasteiger partial charge in [-0.05, 0) is 60.4 Å². The molecular weight excluding hydrogens is 440 g/mol. The zero-order valence-corrected chi connectivity index (χ0v) is 21.3. The van der Waals surface area contributed by atoms with Gasteiger partial charge in [0.1, 0.15) is 11.3 Å². The summed E-state index contributed by atoms with van der Waals surface area (Å²) in [5.74, 6) is 0.598. The van der Waals surface area contributed by atoms with E-state index >= 15 is 0 Å². The number of aryl methyl sites for hydroxylation is 1. The molecule has 0 fully saturated rings. The van der Waals surface area contributed by atoms with Crippen molar-refractivity contribution in [1.82, 2.24) is 9.55 Å². The van der Waals surface area contributed by atoms with Crippen LogP contribution in [0.1, 0.15) is 72.3 Å². The maximum Gasteiger partial charge on any atom is 0.343 e. The van der Waals surface area contributed by atoms with Gasteiger partial charge in [0.2, 0.25) is 0 Å². The number of fused-ring (bicyclic) bond motifs is 3. The summed E-state index contributed by atoms with van der Waals surface area (Å²) in [6, 6.07) is 13.6. The smallest absolute Gasteiger partial charge is 0.343 e. The lowest BCUT2D eigenvalue weighted by atomic mass is 9.76. The molecule has 184 valence electrons. The van der Waals surface area contributed by atoms with Crippen LogP contribution in [0.5, 0.6) is 5.75 Å². The molecule has 0 spiro atoms. The minimum atomic E-state index is -0.614. The topological polar surface area (TPSA) is 70.4 Å². The lowest BCUT2D eigenvalue weighted by molar-refractivity contribution is 0.0597. The predicted molar refractivity (Wildman–Crippen MR) is 137 cm³/mol. The summed E-state index contributed by atoms with van der Waals surface area (Å²) in [4.78, 5) is 31.2. The number of unbranched alkanes of at least 4 members (excludes halogenated alkanes) is 1. The summed E-state index contributed by atoms with van der Waals surface area (Å²) in [6.45, 7) is 9.42. The molecule has 0 saturated heterocycles. The number of esters is 1. The molecule has 1 aromatic carbocycles. The van der Waals surface area contributed by atoms with E-state index in [4.69, 9.17) is 14.5 Å². The highest BCUT2D eigenvalue weighted by Crippen LogP contribution is 2.43. The van der Waals surface area contributed by atoms with Crippen LogP contribution in [0.3, 0.4) is 0 Å². The minimum absolute atomic E-state index is 0.0625. The molecule has 0 aliphatic heterocycles. The van der Waals surface area contributed by atoms with Crippen LogP contribution in [0.4, 0.5) is 0 Å². The molecule has 0 saturated carbocycles. The first-order valence-electron chi connectivity index (χ1n) is 12.4. The molecule has 6 heteroatoms. The molecule has 0 amide bonds.